The molecule has 0 fully saturated rings. The Bertz CT molecular complexity index is 1580. The summed E-state index contributed by atoms with van der Waals surface area (Å²) in [5.74, 6) is 0.632. The zero-order chi connectivity index (χ0) is 23.8. The molecular weight excluding hydrogens is 430 g/mol. The Morgan fingerprint density at radius 1 is 1.06 bits per heavy atom. The molecule has 0 aliphatic heterocycles. The van der Waals surface area contributed by atoms with Gasteiger partial charge in [-0.3, -0.25) is 14.2 Å². The first-order valence-electron chi connectivity index (χ1n) is 10.9. The van der Waals surface area contributed by atoms with Crippen LogP contribution in [-0.2, 0) is 11.2 Å². The smallest absolute Gasteiger partial charge is 0.266 e. The number of rotatable bonds is 5. The lowest BCUT2D eigenvalue weighted by atomic mass is 10.0. The summed E-state index contributed by atoms with van der Waals surface area (Å²) < 4.78 is 8.59. The van der Waals surface area contributed by atoms with E-state index in [0.29, 0.717) is 27.9 Å². The van der Waals surface area contributed by atoms with Crippen molar-refractivity contribution < 1.29 is 9.53 Å². The van der Waals surface area contributed by atoms with E-state index in [2.05, 4.69) is 17.2 Å². The SMILES string of the molecule is CCc1nn2c(ncc3c(=O)n(-c4ccc(NC(C)=O)cc4)ccc32)c1-c1ccc(OC)cc1. The lowest BCUT2D eigenvalue weighted by Gasteiger charge is -2.09. The predicted octanol–water partition coefficient (Wildman–Crippen LogP) is 4.23. The van der Waals surface area contributed by atoms with E-state index in [-0.39, 0.29) is 11.5 Å². The van der Waals surface area contributed by atoms with Crippen LogP contribution in [0.2, 0.25) is 0 Å². The zero-order valence-corrected chi connectivity index (χ0v) is 19.1. The average molecular weight is 454 g/mol. The maximum absolute atomic E-state index is 13.3. The molecule has 2 aromatic carbocycles. The molecule has 0 bridgehead atoms. The molecule has 8 heteroatoms. The number of methoxy groups -OCH3 is 1. The Morgan fingerprint density at radius 3 is 2.44 bits per heavy atom. The highest BCUT2D eigenvalue weighted by molar-refractivity contribution is 5.89. The number of pyridine rings is 1. The van der Waals surface area contributed by atoms with E-state index in [4.69, 9.17) is 9.84 Å². The van der Waals surface area contributed by atoms with Gasteiger partial charge >= 0.3 is 0 Å². The van der Waals surface area contributed by atoms with Gasteiger partial charge in [0.05, 0.1) is 23.7 Å². The molecule has 3 aromatic heterocycles. The van der Waals surface area contributed by atoms with E-state index in [1.165, 1.54) is 6.92 Å². The van der Waals surface area contributed by atoms with Crippen LogP contribution in [0.1, 0.15) is 19.5 Å². The summed E-state index contributed by atoms with van der Waals surface area (Å²) >= 11 is 0. The molecule has 0 saturated carbocycles. The number of nitrogens with zero attached hydrogens (tertiary/aromatic N) is 4. The lowest BCUT2D eigenvalue weighted by Crippen LogP contribution is -2.19. The van der Waals surface area contributed by atoms with Gasteiger partial charge in [0.1, 0.15) is 5.75 Å². The number of aryl methyl sites for hydroxylation is 1. The van der Waals surface area contributed by atoms with Crippen molar-refractivity contribution in [1.82, 2.24) is 19.2 Å². The van der Waals surface area contributed by atoms with Gasteiger partial charge in [-0.25, -0.2) is 9.50 Å². The number of amides is 1. The van der Waals surface area contributed by atoms with E-state index in [0.717, 1.165) is 29.0 Å². The number of carbonyl (C=O) groups excluding carboxylic acids is 1. The van der Waals surface area contributed by atoms with E-state index in [1.807, 2.05) is 30.3 Å². The first kappa shape index (κ1) is 21.4. The van der Waals surface area contributed by atoms with Crippen LogP contribution in [0, 0.1) is 0 Å². The summed E-state index contributed by atoms with van der Waals surface area (Å²) in [4.78, 5) is 29.2. The van der Waals surface area contributed by atoms with Crippen LogP contribution in [-0.4, -0.2) is 32.2 Å². The van der Waals surface area contributed by atoms with E-state index in [9.17, 15) is 9.59 Å². The summed E-state index contributed by atoms with van der Waals surface area (Å²) in [6.45, 7) is 3.50. The van der Waals surface area contributed by atoms with Gasteiger partial charge < -0.3 is 10.1 Å². The van der Waals surface area contributed by atoms with E-state index in [1.54, 1.807) is 52.9 Å². The maximum atomic E-state index is 13.3. The van der Waals surface area contributed by atoms with Crippen molar-refractivity contribution in [1.29, 1.82) is 0 Å². The van der Waals surface area contributed by atoms with Crippen LogP contribution in [0.4, 0.5) is 5.69 Å². The molecule has 0 aliphatic rings. The Balaban J connectivity index is 1.64. The first-order valence-corrected chi connectivity index (χ1v) is 10.9. The Labute approximate surface area is 195 Å². The van der Waals surface area contributed by atoms with Crippen LogP contribution in [0.5, 0.6) is 5.75 Å². The van der Waals surface area contributed by atoms with E-state index >= 15 is 0 Å². The summed E-state index contributed by atoms with van der Waals surface area (Å²) in [5, 5.41) is 7.99. The summed E-state index contributed by atoms with van der Waals surface area (Å²) in [7, 11) is 1.64. The van der Waals surface area contributed by atoms with Gasteiger partial charge in [-0.15, -0.1) is 0 Å². The fourth-order valence-electron chi connectivity index (χ4n) is 4.13. The second kappa shape index (κ2) is 8.47. The molecule has 0 spiro atoms. The van der Waals surface area contributed by atoms with Crippen molar-refractivity contribution in [3.63, 3.8) is 0 Å². The first-order chi connectivity index (χ1) is 16.5. The van der Waals surface area contributed by atoms with Gasteiger partial charge in [-0.2, -0.15) is 5.10 Å². The molecule has 0 saturated heterocycles. The van der Waals surface area contributed by atoms with Gasteiger partial charge in [-0.05, 0) is 54.4 Å². The molecule has 5 rings (SSSR count). The van der Waals surface area contributed by atoms with Gasteiger partial charge in [-0.1, -0.05) is 19.1 Å². The fourth-order valence-corrected chi connectivity index (χ4v) is 4.13. The number of nitrogens with one attached hydrogen (secondary N) is 1. The summed E-state index contributed by atoms with van der Waals surface area (Å²) in [5.41, 5.74) is 5.40. The molecule has 1 amide bonds. The van der Waals surface area contributed by atoms with Crippen LogP contribution >= 0.6 is 0 Å². The Kier molecular flexibility index (Phi) is 5.33. The lowest BCUT2D eigenvalue weighted by molar-refractivity contribution is -0.114. The molecule has 3 heterocycles. The van der Waals surface area contributed by atoms with Crippen molar-refractivity contribution in [2.24, 2.45) is 0 Å². The highest BCUT2D eigenvalue weighted by Crippen LogP contribution is 2.30. The quantitative estimate of drug-likeness (QED) is 0.430. The number of benzene rings is 2. The predicted molar refractivity (Wildman–Crippen MR) is 132 cm³/mol. The number of hydrogen-bond donors (Lipinski definition) is 1. The van der Waals surface area contributed by atoms with Gasteiger partial charge in [0, 0.05) is 36.3 Å². The minimum atomic E-state index is -0.196. The van der Waals surface area contributed by atoms with Gasteiger partial charge in [0.25, 0.3) is 5.56 Å². The number of carbonyl (C=O) groups is 1. The summed E-state index contributed by atoms with van der Waals surface area (Å²) in [6.07, 6.45) is 4.07. The number of anilines is 1. The van der Waals surface area contributed by atoms with Gasteiger partial charge in [0.15, 0.2) is 5.65 Å². The third-order valence-corrected chi connectivity index (χ3v) is 5.76. The second-order valence-corrected chi connectivity index (χ2v) is 7.92. The van der Waals surface area contributed by atoms with Crippen molar-refractivity contribution in [3.8, 4) is 22.6 Å². The molecule has 0 atom stereocenters. The number of hydrogen-bond acceptors (Lipinski definition) is 5. The minimum absolute atomic E-state index is 0.148. The molecule has 1 N–H and O–H groups in total. The number of fused-ring (bicyclic) bond motifs is 3. The Morgan fingerprint density at radius 2 is 1.79 bits per heavy atom. The number of aromatic nitrogens is 4. The van der Waals surface area contributed by atoms with Gasteiger partial charge in [0.2, 0.25) is 5.91 Å². The van der Waals surface area contributed by atoms with Crippen LogP contribution in [0.25, 0.3) is 33.4 Å². The molecular formula is C26H23N5O3. The molecule has 5 aromatic rings. The maximum Gasteiger partial charge on any atom is 0.266 e. The molecule has 0 aliphatic carbocycles. The fraction of sp³-hybridized carbons (Fsp3) is 0.154. The minimum Gasteiger partial charge on any atom is -0.497 e. The van der Waals surface area contributed by atoms with E-state index < -0.39 is 0 Å². The molecule has 34 heavy (non-hydrogen) atoms. The second-order valence-electron chi connectivity index (χ2n) is 7.92. The third kappa shape index (κ3) is 3.59. The zero-order valence-electron chi connectivity index (χ0n) is 19.1. The van der Waals surface area contributed by atoms with Crippen molar-refractivity contribution in [2.75, 3.05) is 12.4 Å². The standard InChI is InChI=1S/C26H23N5O3/c1-4-22-24(17-5-11-20(34-3)12-6-17)25-27-15-21-23(31(25)29-22)13-14-30(26(21)33)19-9-7-18(8-10-19)28-16(2)32/h5-15H,4H2,1-3H3,(H,28,32). The summed E-state index contributed by atoms with van der Waals surface area (Å²) in [6, 6.07) is 16.8. The van der Waals surface area contributed by atoms with Crippen molar-refractivity contribution in [2.45, 2.75) is 20.3 Å². The molecule has 8 nitrogen and oxygen atoms in total. The Hall–Kier alpha value is -4.46. The topological polar surface area (TPSA) is 90.5 Å². The van der Waals surface area contributed by atoms with Crippen molar-refractivity contribution in [3.05, 3.63) is 83.0 Å². The normalized spacial score (nSPS) is 11.1. The highest BCUT2D eigenvalue weighted by atomic mass is 16.5. The molecule has 170 valence electrons. The largest absolute Gasteiger partial charge is 0.497 e. The average Bonchev–Trinajstić information content (AvgIpc) is 3.24. The van der Waals surface area contributed by atoms with Crippen LogP contribution < -0.4 is 15.6 Å². The molecule has 0 unspecified atom stereocenters. The molecule has 0 radical (unpaired) electrons. The van der Waals surface area contributed by atoms with Crippen molar-refractivity contribution >= 4 is 28.1 Å². The number of ether oxygens (including phenoxy) is 1. The van der Waals surface area contributed by atoms with Crippen LogP contribution in [0.15, 0.2) is 71.8 Å². The third-order valence-electron chi connectivity index (χ3n) is 5.76. The highest BCUT2D eigenvalue weighted by Gasteiger charge is 2.18. The monoisotopic (exact) mass is 453 g/mol. The van der Waals surface area contributed by atoms with Crippen LogP contribution in [0.3, 0.4) is 0 Å².